The van der Waals surface area contributed by atoms with Crippen molar-refractivity contribution in [3.8, 4) is 23.2 Å². The number of aryl methyl sites for hydroxylation is 1. The van der Waals surface area contributed by atoms with Crippen molar-refractivity contribution in [2.45, 2.75) is 32.4 Å². The molecule has 0 unspecified atom stereocenters. The maximum atomic E-state index is 9.23. The van der Waals surface area contributed by atoms with Crippen LogP contribution < -0.4 is 10.1 Å². The number of benzene rings is 1. The predicted octanol–water partition coefficient (Wildman–Crippen LogP) is 2.93. The Kier molecular flexibility index (Phi) is 3.86. The molecule has 1 aliphatic rings. The molecule has 1 aromatic carbocycles. The van der Waals surface area contributed by atoms with Gasteiger partial charge in [0.1, 0.15) is 17.9 Å². The van der Waals surface area contributed by atoms with Gasteiger partial charge in [-0.05, 0) is 19.9 Å². The molecule has 4 rings (SSSR count). The average molecular weight is 333 g/mol. The van der Waals surface area contributed by atoms with Crippen LogP contribution in [0.15, 0.2) is 30.6 Å². The molecule has 3 aromatic rings. The number of nitriles is 1. The van der Waals surface area contributed by atoms with Crippen LogP contribution in [0.25, 0.3) is 22.2 Å². The predicted molar refractivity (Wildman–Crippen MR) is 95.3 cm³/mol. The highest BCUT2D eigenvalue weighted by molar-refractivity contribution is 5.97. The van der Waals surface area contributed by atoms with Crippen LogP contribution in [0.1, 0.15) is 24.6 Å². The molecule has 6 nitrogen and oxygen atoms in total. The Bertz CT molecular complexity index is 972. The van der Waals surface area contributed by atoms with Crippen LogP contribution in [0.3, 0.4) is 0 Å². The lowest BCUT2D eigenvalue weighted by molar-refractivity contribution is 0.209. The minimum atomic E-state index is 0.139. The fraction of sp³-hybridized carbons (Fsp3) is 0.316. The quantitative estimate of drug-likeness (QED) is 0.769. The summed E-state index contributed by atoms with van der Waals surface area (Å²) in [6, 6.07) is 8.34. The Morgan fingerprint density at radius 1 is 1.36 bits per heavy atom. The standard InChI is InChI=1S/C19H19N5O/c1-11-6-14(8-21-11)25-19-12(2)24-17(10-23-19)16-9-22-18-13(7-20)4-3-5-15(16)18/h3-5,9-11,14,21-22H,6,8H2,1-2H3/t11-,14-/m1/s1. The Morgan fingerprint density at radius 3 is 2.96 bits per heavy atom. The molecule has 6 heteroatoms. The summed E-state index contributed by atoms with van der Waals surface area (Å²) >= 11 is 0. The SMILES string of the molecule is Cc1nc(-c2c[nH]c3c(C#N)cccc23)cnc1O[C@H]1CN[C@H](C)C1. The lowest BCUT2D eigenvalue weighted by Gasteiger charge is -2.13. The molecule has 1 saturated heterocycles. The van der Waals surface area contributed by atoms with Gasteiger partial charge in [-0.1, -0.05) is 12.1 Å². The van der Waals surface area contributed by atoms with Gasteiger partial charge in [-0.3, -0.25) is 0 Å². The third kappa shape index (κ3) is 2.83. The van der Waals surface area contributed by atoms with Crippen molar-refractivity contribution in [3.63, 3.8) is 0 Å². The van der Waals surface area contributed by atoms with E-state index < -0.39 is 0 Å². The molecule has 0 amide bonds. The number of nitrogens with zero attached hydrogens (tertiary/aromatic N) is 3. The molecule has 0 aliphatic carbocycles. The minimum absolute atomic E-state index is 0.139. The smallest absolute Gasteiger partial charge is 0.235 e. The summed E-state index contributed by atoms with van der Waals surface area (Å²) in [5.41, 5.74) is 3.92. The Labute approximate surface area is 145 Å². The summed E-state index contributed by atoms with van der Waals surface area (Å²) in [7, 11) is 0. The summed E-state index contributed by atoms with van der Waals surface area (Å²) in [5.74, 6) is 0.585. The van der Waals surface area contributed by atoms with Gasteiger partial charge in [0.05, 0.1) is 23.0 Å². The first-order chi connectivity index (χ1) is 12.2. The average Bonchev–Trinajstić information content (AvgIpc) is 3.22. The lowest BCUT2D eigenvalue weighted by Crippen LogP contribution is -2.21. The van der Waals surface area contributed by atoms with Crippen LogP contribution in [-0.4, -0.2) is 33.6 Å². The Balaban J connectivity index is 1.66. The van der Waals surface area contributed by atoms with Crippen molar-refractivity contribution < 1.29 is 4.74 Å². The largest absolute Gasteiger partial charge is 0.472 e. The Morgan fingerprint density at radius 2 is 2.24 bits per heavy atom. The number of H-pyrrole nitrogens is 1. The zero-order chi connectivity index (χ0) is 17.4. The molecule has 3 heterocycles. The van der Waals surface area contributed by atoms with E-state index in [1.807, 2.05) is 25.3 Å². The van der Waals surface area contributed by atoms with Gasteiger partial charge in [-0.15, -0.1) is 0 Å². The van der Waals surface area contributed by atoms with Gasteiger partial charge in [0.25, 0.3) is 0 Å². The third-order valence-corrected chi connectivity index (χ3v) is 4.60. The van der Waals surface area contributed by atoms with Crippen LogP contribution in [0, 0.1) is 18.3 Å². The van der Waals surface area contributed by atoms with Gasteiger partial charge >= 0.3 is 0 Å². The van der Waals surface area contributed by atoms with Gasteiger partial charge in [-0.25, -0.2) is 9.97 Å². The summed E-state index contributed by atoms with van der Waals surface area (Å²) in [4.78, 5) is 12.3. The molecule has 2 N–H and O–H groups in total. The monoisotopic (exact) mass is 333 g/mol. The van der Waals surface area contributed by atoms with E-state index in [-0.39, 0.29) is 6.10 Å². The second-order valence-corrected chi connectivity index (χ2v) is 6.47. The molecule has 0 saturated carbocycles. The second-order valence-electron chi connectivity index (χ2n) is 6.47. The highest BCUT2D eigenvalue weighted by atomic mass is 16.5. The molecule has 25 heavy (non-hydrogen) atoms. The number of hydrogen-bond donors (Lipinski definition) is 2. The van der Waals surface area contributed by atoms with Crippen LogP contribution >= 0.6 is 0 Å². The van der Waals surface area contributed by atoms with Crippen molar-refractivity contribution in [1.29, 1.82) is 5.26 Å². The Hall–Kier alpha value is -2.91. The molecular weight excluding hydrogens is 314 g/mol. The van der Waals surface area contributed by atoms with E-state index in [4.69, 9.17) is 4.74 Å². The first-order valence-corrected chi connectivity index (χ1v) is 8.40. The number of aromatic nitrogens is 3. The van der Waals surface area contributed by atoms with Crippen LogP contribution in [0.2, 0.25) is 0 Å². The molecule has 126 valence electrons. The molecule has 2 aromatic heterocycles. The van der Waals surface area contributed by atoms with E-state index in [2.05, 4.69) is 33.3 Å². The molecular formula is C19H19N5O. The van der Waals surface area contributed by atoms with E-state index in [0.717, 1.165) is 40.8 Å². The summed E-state index contributed by atoms with van der Waals surface area (Å²) in [6.45, 7) is 4.90. The number of aromatic amines is 1. The van der Waals surface area contributed by atoms with Crippen LogP contribution in [0.5, 0.6) is 5.88 Å². The third-order valence-electron chi connectivity index (χ3n) is 4.60. The van der Waals surface area contributed by atoms with E-state index in [1.165, 1.54) is 0 Å². The number of para-hydroxylation sites is 1. The van der Waals surface area contributed by atoms with Gasteiger partial charge in [0.2, 0.25) is 5.88 Å². The first kappa shape index (κ1) is 15.6. The van der Waals surface area contributed by atoms with E-state index in [1.54, 1.807) is 12.3 Å². The highest BCUT2D eigenvalue weighted by Gasteiger charge is 2.23. The zero-order valence-electron chi connectivity index (χ0n) is 14.2. The van der Waals surface area contributed by atoms with Crippen molar-refractivity contribution in [1.82, 2.24) is 20.3 Å². The van der Waals surface area contributed by atoms with Crippen molar-refractivity contribution in [2.24, 2.45) is 0 Å². The molecule has 0 radical (unpaired) electrons. The van der Waals surface area contributed by atoms with Crippen molar-refractivity contribution in [3.05, 3.63) is 41.9 Å². The number of nitrogens with one attached hydrogen (secondary N) is 2. The van der Waals surface area contributed by atoms with Gasteiger partial charge < -0.3 is 15.0 Å². The highest BCUT2D eigenvalue weighted by Crippen LogP contribution is 2.30. The molecule has 1 fully saturated rings. The summed E-state index contributed by atoms with van der Waals surface area (Å²) < 4.78 is 5.99. The van der Waals surface area contributed by atoms with E-state index >= 15 is 0 Å². The molecule has 1 aliphatic heterocycles. The number of fused-ring (bicyclic) bond motifs is 1. The zero-order valence-corrected chi connectivity index (χ0v) is 14.2. The van der Waals surface area contributed by atoms with Crippen molar-refractivity contribution >= 4 is 10.9 Å². The van der Waals surface area contributed by atoms with Crippen LogP contribution in [0.4, 0.5) is 0 Å². The fourth-order valence-electron chi connectivity index (χ4n) is 3.32. The molecule has 0 bridgehead atoms. The first-order valence-electron chi connectivity index (χ1n) is 8.40. The van der Waals surface area contributed by atoms with Crippen LogP contribution in [-0.2, 0) is 0 Å². The van der Waals surface area contributed by atoms with Crippen molar-refractivity contribution in [2.75, 3.05) is 6.54 Å². The van der Waals surface area contributed by atoms with Gasteiger partial charge in [0, 0.05) is 36.2 Å². The summed E-state index contributed by atoms with van der Waals surface area (Å²) in [6.07, 6.45) is 4.72. The van der Waals surface area contributed by atoms with E-state index in [0.29, 0.717) is 17.5 Å². The maximum absolute atomic E-state index is 9.23. The molecule has 0 spiro atoms. The van der Waals surface area contributed by atoms with E-state index in [9.17, 15) is 5.26 Å². The number of rotatable bonds is 3. The summed E-state index contributed by atoms with van der Waals surface area (Å²) in [5, 5.41) is 13.6. The second kappa shape index (κ2) is 6.19. The fourth-order valence-corrected chi connectivity index (χ4v) is 3.32. The number of hydrogen-bond acceptors (Lipinski definition) is 5. The van der Waals surface area contributed by atoms with Gasteiger partial charge in [-0.2, -0.15) is 5.26 Å². The lowest BCUT2D eigenvalue weighted by atomic mass is 10.1. The normalized spacial score (nSPS) is 19.9. The molecule has 2 atom stereocenters. The van der Waals surface area contributed by atoms with Gasteiger partial charge in [0.15, 0.2) is 0 Å². The maximum Gasteiger partial charge on any atom is 0.235 e. The minimum Gasteiger partial charge on any atom is -0.472 e. The topological polar surface area (TPSA) is 86.6 Å². The number of ether oxygens (including phenoxy) is 1.